The number of hydrogen-bond donors (Lipinski definition) is 0. The van der Waals surface area contributed by atoms with Crippen LogP contribution in [0.4, 0.5) is 5.69 Å². The van der Waals surface area contributed by atoms with Crippen LogP contribution in [-0.2, 0) is 4.74 Å². The molecule has 0 aliphatic carbocycles. The zero-order valence-electron chi connectivity index (χ0n) is 17.5. The van der Waals surface area contributed by atoms with Crippen LogP contribution in [0.25, 0.3) is 11.3 Å². The van der Waals surface area contributed by atoms with Gasteiger partial charge in [0.1, 0.15) is 0 Å². The van der Waals surface area contributed by atoms with Crippen molar-refractivity contribution in [1.29, 1.82) is 0 Å². The number of nitrogens with zero attached hydrogens (tertiary/aromatic N) is 4. The van der Waals surface area contributed by atoms with Crippen LogP contribution in [0.5, 0.6) is 0 Å². The van der Waals surface area contributed by atoms with Crippen LogP contribution < -0.4 is 9.70 Å². The molecule has 1 fully saturated rings. The smallest absolute Gasteiger partial charge is 0.206 e. The van der Waals surface area contributed by atoms with Crippen LogP contribution in [0.3, 0.4) is 0 Å². The molecule has 0 N–H and O–H groups in total. The molecule has 1 saturated heterocycles. The predicted molar refractivity (Wildman–Crippen MR) is 133 cm³/mol. The lowest BCUT2D eigenvalue weighted by molar-refractivity contribution is 0.122. The molecule has 7 heteroatoms. The van der Waals surface area contributed by atoms with E-state index in [0.29, 0.717) is 6.54 Å². The molecule has 0 radical (unpaired) electrons. The summed E-state index contributed by atoms with van der Waals surface area (Å²) in [4.78, 5) is 7.89. The molecule has 2 aromatic carbocycles. The molecular formula is C24H25BrN4OS. The summed E-state index contributed by atoms with van der Waals surface area (Å²) in [5, 5.41) is 6.89. The first-order chi connectivity index (χ1) is 15.1. The highest BCUT2D eigenvalue weighted by molar-refractivity contribution is 9.10. The lowest BCUT2D eigenvalue weighted by atomic mass is 10.2. The van der Waals surface area contributed by atoms with Crippen molar-refractivity contribution in [2.45, 2.75) is 6.92 Å². The van der Waals surface area contributed by atoms with Crippen LogP contribution in [0.15, 0.2) is 80.6 Å². The highest BCUT2D eigenvalue weighted by atomic mass is 79.9. The summed E-state index contributed by atoms with van der Waals surface area (Å²) >= 11 is 5.09. The van der Waals surface area contributed by atoms with Crippen molar-refractivity contribution in [2.75, 3.05) is 37.7 Å². The summed E-state index contributed by atoms with van der Waals surface area (Å²) in [5.41, 5.74) is 5.39. The van der Waals surface area contributed by atoms with E-state index in [9.17, 15) is 0 Å². The number of anilines is 1. The van der Waals surface area contributed by atoms with Gasteiger partial charge < -0.3 is 9.64 Å². The SMILES string of the molecule is C=C(C)CN=c1scc(-c2ccc(Br)cc2)n1N=Cc1ccc(N2CCOCC2)cc1. The lowest BCUT2D eigenvalue weighted by Crippen LogP contribution is -2.36. The Bertz CT molecular complexity index is 1120. The summed E-state index contributed by atoms with van der Waals surface area (Å²) in [5.74, 6) is 0. The Morgan fingerprint density at radius 3 is 2.52 bits per heavy atom. The Hall–Kier alpha value is -2.48. The van der Waals surface area contributed by atoms with Crippen molar-refractivity contribution in [3.8, 4) is 11.3 Å². The third kappa shape index (κ3) is 5.61. The van der Waals surface area contributed by atoms with Gasteiger partial charge in [0, 0.05) is 34.2 Å². The van der Waals surface area contributed by atoms with Gasteiger partial charge in [0.15, 0.2) is 0 Å². The van der Waals surface area contributed by atoms with Gasteiger partial charge in [-0.05, 0) is 36.8 Å². The molecule has 4 rings (SSSR count). The van der Waals surface area contributed by atoms with Crippen LogP contribution in [-0.4, -0.2) is 43.7 Å². The molecule has 0 amide bonds. The molecule has 0 saturated carbocycles. The molecule has 5 nitrogen and oxygen atoms in total. The van der Waals surface area contributed by atoms with Gasteiger partial charge in [-0.25, -0.2) is 4.68 Å². The maximum Gasteiger partial charge on any atom is 0.206 e. The summed E-state index contributed by atoms with van der Waals surface area (Å²) in [6.45, 7) is 9.97. The monoisotopic (exact) mass is 496 g/mol. The van der Waals surface area contributed by atoms with Crippen LogP contribution in [0.2, 0.25) is 0 Å². The molecular weight excluding hydrogens is 472 g/mol. The van der Waals surface area contributed by atoms with Gasteiger partial charge in [-0.1, -0.05) is 52.3 Å². The molecule has 1 aromatic heterocycles. The van der Waals surface area contributed by atoms with E-state index in [4.69, 9.17) is 14.8 Å². The molecule has 0 spiro atoms. The Balaban J connectivity index is 1.63. The Morgan fingerprint density at radius 2 is 1.84 bits per heavy atom. The molecule has 2 heterocycles. The number of aromatic nitrogens is 1. The van der Waals surface area contributed by atoms with E-state index < -0.39 is 0 Å². The second kappa shape index (κ2) is 10.2. The first kappa shape index (κ1) is 21.7. The number of benzene rings is 2. The fourth-order valence-corrected chi connectivity index (χ4v) is 4.36. The largest absolute Gasteiger partial charge is 0.378 e. The van der Waals surface area contributed by atoms with Crippen LogP contribution >= 0.6 is 27.3 Å². The summed E-state index contributed by atoms with van der Waals surface area (Å²) in [6.07, 6.45) is 1.89. The Kier molecular flexibility index (Phi) is 7.17. The fourth-order valence-electron chi connectivity index (χ4n) is 3.26. The second-order valence-corrected chi connectivity index (χ2v) is 9.18. The van der Waals surface area contributed by atoms with Gasteiger partial charge in [-0.3, -0.25) is 4.99 Å². The third-order valence-corrected chi connectivity index (χ3v) is 6.28. The van der Waals surface area contributed by atoms with Gasteiger partial charge in [0.05, 0.1) is 31.7 Å². The van der Waals surface area contributed by atoms with Crippen molar-refractivity contribution in [2.24, 2.45) is 10.1 Å². The van der Waals surface area contributed by atoms with E-state index in [0.717, 1.165) is 58.0 Å². The summed E-state index contributed by atoms with van der Waals surface area (Å²) in [6, 6.07) is 16.7. The molecule has 1 aliphatic heterocycles. The average Bonchev–Trinajstić information content (AvgIpc) is 3.20. The maximum atomic E-state index is 5.44. The van der Waals surface area contributed by atoms with E-state index in [2.05, 4.69) is 69.2 Å². The minimum Gasteiger partial charge on any atom is -0.378 e. The normalized spacial score (nSPS) is 15.0. The lowest BCUT2D eigenvalue weighted by Gasteiger charge is -2.28. The second-order valence-electron chi connectivity index (χ2n) is 7.43. The highest BCUT2D eigenvalue weighted by Crippen LogP contribution is 2.23. The maximum absolute atomic E-state index is 5.44. The number of ether oxygens (including phenoxy) is 1. The first-order valence-corrected chi connectivity index (χ1v) is 11.9. The van der Waals surface area contributed by atoms with E-state index in [1.54, 1.807) is 11.3 Å². The molecule has 0 unspecified atom stereocenters. The van der Waals surface area contributed by atoms with Gasteiger partial charge in [0.2, 0.25) is 4.80 Å². The molecule has 1 aliphatic rings. The minimum absolute atomic E-state index is 0.587. The van der Waals surface area contributed by atoms with E-state index in [1.165, 1.54) is 5.69 Å². The Morgan fingerprint density at radius 1 is 1.13 bits per heavy atom. The van der Waals surface area contributed by atoms with Gasteiger partial charge in [-0.15, -0.1) is 11.3 Å². The summed E-state index contributed by atoms with van der Waals surface area (Å²) in [7, 11) is 0. The van der Waals surface area contributed by atoms with E-state index in [-0.39, 0.29) is 0 Å². The number of hydrogen-bond acceptors (Lipinski definition) is 5. The molecule has 0 atom stereocenters. The van der Waals surface area contributed by atoms with E-state index in [1.807, 2.05) is 29.9 Å². The first-order valence-electron chi connectivity index (χ1n) is 10.2. The van der Waals surface area contributed by atoms with Crippen LogP contribution in [0.1, 0.15) is 12.5 Å². The molecule has 160 valence electrons. The summed E-state index contributed by atoms with van der Waals surface area (Å²) < 4.78 is 8.40. The standard InChI is InChI=1S/C24H25BrN4OS/c1-18(2)15-26-24-29(23(17-31-24)20-5-7-21(25)8-6-20)27-16-19-3-9-22(10-4-19)28-11-13-30-14-12-28/h3-10,16-17H,1,11-15H2,2H3. The number of halogens is 1. The molecule has 3 aromatic rings. The van der Waals surface area contributed by atoms with Gasteiger partial charge in [0.25, 0.3) is 0 Å². The van der Waals surface area contributed by atoms with E-state index >= 15 is 0 Å². The zero-order valence-corrected chi connectivity index (χ0v) is 19.9. The Labute approximate surface area is 195 Å². The fraction of sp³-hybridized carbons (Fsp3) is 0.250. The number of rotatable bonds is 6. The van der Waals surface area contributed by atoms with Crippen molar-refractivity contribution < 1.29 is 4.74 Å². The topological polar surface area (TPSA) is 42.1 Å². The quantitative estimate of drug-likeness (QED) is 0.348. The zero-order chi connectivity index (χ0) is 21.6. The number of morpholine rings is 1. The minimum atomic E-state index is 0.587. The predicted octanol–water partition coefficient (Wildman–Crippen LogP) is 5.17. The van der Waals surface area contributed by atoms with Crippen molar-refractivity contribution >= 4 is 39.2 Å². The van der Waals surface area contributed by atoms with Gasteiger partial charge >= 0.3 is 0 Å². The van der Waals surface area contributed by atoms with Crippen molar-refractivity contribution in [3.63, 3.8) is 0 Å². The van der Waals surface area contributed by atoms with Crippen LogP contribution in [0, 0.1) is 0 Å². The average molecular weight is 497 g/mol. The van der Waals surface area contributed by atoms with Crippen molar-refractivity contribution in [3.05, 3.63) is 80.9 Å². The molecule has 31 heavy (non-hydrogen) atoms. The third-order valence-electron chi connectivity index (χ3n) is 4.90. The highest BCUT2D eigenvalue weighted by Gasteiger charge is 2.11. The molecule has 0 bridgehead atoms. The number of thiazole rings is 1. The van der Waals surface area contributed by atoms with Gasteiger partial charge in [-0.2, -0.15) is 5.10 Å². The van der Waals surface area contributed by atoms with Crippen molar-refractivity contribution in [1.82, 2.24) is 4.68 Å².